The van der Waals surface area contributed by atoms with Gasteiger partial charge in [0.2, 0.25) is 0 Å². The first kappa shape index (κ1) is 85.1. The van der Waals surface area contributed by atoms with Crippen molar-refractivity contribution in [3.8, 4) is 0 Å². The highest BCUT2D eigenvalue weighted by atomic mass is 31.2. The minimum atomic E-state index is -4.95. The average molecular weight is 1280 g/mol. The van der Waals surface area contributed by atoms with E-state index in [0.717, 1.165) is 96.3 Å². The van der Waals surface area contributed by atoms with Crippen LogP contribution in [0.5, 0.6) is 0 Å². The van der Waals surface area contributed by atoms with E-state index in [4.69, 9.17) is 37.0 Å². The van der Waals surface area contributed by atoms with Crippen molar-refractivity contribution >= 4 is 39.5 Å². The van der Waals surface area contributed by atoms with Crippen molar-refractivity contribution in [2.24, 2.45) is 5.92 Å². The van der Waals surface area contributed by atoms with E-state index in [2.05, 4.69) is 34.6 Å². The summed E-state index contributed by atoms with van der Waals surface area (Å²) in [4.78, 5) is 72.4. The molecule has 0 fully saturated rings. The number of aliphatic hydroxyl groups is 1. The summed E-state index contributed by atoms with van der Waals surface area (Å²) in [6.45, 7) is 7.18. The maximum Gasteiger partial charge on any atom is 0.472 e. The first-order chi connectivity index (χ1) is 42.0. The van der Waals surface area contributed by atoms with Crippen molar-refractivity contribution in [2.45, 2.75) is 368 Å². The highest BCUT2D eigenvalue weighted by Crippen LogP contribution is 2.45. The molecule has 0 aromatic carbocycles. The Morgan fingerprint density at radius 2 is 0.529 bits per heavy atom. The zero-order valence-corrected chi connectivity index (χ0v) is 57.9. The van der Waals surface area contributed by atoms with Gasteiger partial charge in [-0.1, -0.05) is 298 Å². The molecular formula is C68H132O17P2. The fourth-order valence-corrected chi connectivity index (χ4v) is 11.9. The van der Waals surface area contributed by atoms with Crippen LogP contribution in [-0.4, -0.2) is 96.7 Å². The fraction of sp³-hybridized carbons (Fsp3) is 0.941. The number of esters is 4. The van der Waals surface area contributed by atoms with E-state index < -0.39 is 97.5 Å². The molecule has 0 bridgehead atoms. The standard InChI is InChI=1S/C68H132O17P2/c1-6-9-12-15-18-21-24-26-27-30-33-38-44-49-54-68(73)84-63(57-78-65(70)51-46-41-36-31-29-25-22-19-16-13-10-7-2)59-82-86(74,75)80-55-62(69)56-81-87(76,77)83-60-64(58-79-66(71)52-47-42-39-34-35-40-45-50-61(4)5)85-67(72)53-48-43-37-32-28-23-20-17-14-11-8-3/h61-64,69H,6-60H2,1-5H3,(H,74,75)(H,76,77)/t62-,63-,64-/m1/s1. The molecule has 0 saturated heterocycles. The first-order valence-corrected chi connectivity index (χ1v) is 38.6. The summed E-state index contributed by atoms with van der Waals surface area (Å²) in [6.07, 6.45) is 47.1. The third-order valence-electron chi connectivity index (χ3n) is 15.8. The number of ether oxygens (including phenoxy) is 4. The number of phosphoric ester groups is 2. The molecule has 0 aliphatic heterocycles. The Hall–Kier alpha value is -1.94. The number of carbonyl (C=O) groups excluding carboxylic acids is 4. The van der Waals surface area contributed by atoms with Gasteiger partial charge in [0.1, 0.15) is 19.3 Å². The predicted molar refractivity (Wildman–Crippen MR) is 349 cm³/mol. The number of hydrogen-bond donors (Lipinski definition) is 3. The average Bonchev–Trinajstić information content (AvgIpc) is 3.70. The Morgan fingerprint density at radius 1 is 0.310 bits per heavy atom. The third-order valence-corrected chi connectivity index (χ3v) is 17.7. The number of unbranched alkanes of at least 4 members (excludes halogenated alkanes) is 40. The molecule has 5 atom stereocenters. The predicted octanol–water partition coefficient (Wildman–Crippen LogP) is 19.4. The van der Waals surface area contributed by atoms with E-state index >= 15 is 0 Å². The zero-order chi connectivity index (χ0) is 64.2. The van der Waals surface area contributed by atoms with E-state index in [9.17, 15) is 43.2 Å². The number of phosphoric acid groups is 2. The lowest BCUT2D eigenvalue weighted by Crippen LogP contribution is -2.30. The van der Waals surface area contributed by atoms with Gasteiger partial charge in [0, 0.05) is 25.7 Å². The summed E-state index contributed by atoms with van der Waals surface area (Å²) < 4.78 is 68.2. The molecule has 0 aliphatic rings. The molecule has 0 radical (unpaired) electrons. The molecule has 0 rings (SSSR count). The van der Waals surface area contributed by atoms with Crippen LogP contribution in [0.2, 0.25) is 0 Å². The summed E-state index contributed by atoms with van der Waals surface area (Å²) in [5.74, 6) is -1.42. The number of aliphatic hydroxyl groups excluding tert-OH is 1. The Morgan fingerprint density at radius 3 is 0.782 bits per heavy atom. The van der Waals surface area contributed by atoms with Crippen LogP contribution >= 0.6 is 15.6 Å². The van der Waals surface area contributed by atoms with Gasteiger partial charge < -0.3 is 33.8 Å². The van der Waals surface area contributed by atoms with Crippen LogP contribution in [0.4, 0.5) is 0 Å². The van der Waals surface area contributed by atoms with Crippen LogP contribution in [0.3, 0.4) is 0 Å². The van der Waals surface area contributed by atoms with Crippen molar-refractivity contribution in [1.29, 1.82) is 0 Å². The zero-order valence-electron chi connectivity index (χ0n) is 56.2. The van der Waals surface area contributed by atoms with E-state index in [1.165, 1.54) is 167 Å². The summed E-state index contributed by atoms with van der Waals surface area (Å²) >= 11 is 0. The molecule has 0 heterocycles. The minimum Gasteiger partial charge on any atom is -0.462 e. The Balaban J connectivity index is 5.24. The topological polar surface area (TPSA) is 237 Å². The number of hydrogen-bond acceptors (Lipinski definition) is 15. The van der Waals surface area contributed by atoms with E-state index in [1.54, 1.807) is 0 Å². The normalized spacial score (nSPS) is 14.1. The first-order valence-electron chi connectivity index (χ1n) is 35.6. The lowest BCUT2D eigenvalue weighted by atomic mass is 10.0. The van der Waals surface area contributed by atoms with Gasteiger partial charge >= 0.3 is 39.5 Å². The van der Waals surface area contributed by atoms with Crippen LogP contribution in [0.1, 0.15) is 349 Å². The maximum atomic E-state index is 13.0. The van der Waals surface area contributed by atoms with Crippen LogP contribution < -0.4 is 0 Å². The molecule has 0 aromatic heterocycles. The fourth-order valence-electron chi connectivity index (χ4n) is 10.3. The molecule has 0 amide bonds. The molecule has 0 saturated carbocycles. The van der Waals surface area contributed by atoms with Crippen molar-refractivity contribution in [3.63, 3.8) is 0 Å². The summed E-state index contributed by atoms with van der Waals surface area (Å²) in [5.41, 5.74) is 0. The van der Waals surface area contributed by atoms with Crippen LogP contribution in [0, 0.1) is 5.92 Å². The van der Waals surface area contributed by atoms with Crippen molar-refractivity contribution in [3.05, 3.63) is 0 Å². The van der Waals surface area contributed by atoms with Gasteiger partial charge in [-0.25, -0.2) is 9.13 Å². The molecule has 19 heteroatoms. The molecule has 87 heavy (non-hydrogen) atoms. The van der Waals surface area contributed by atoms with Crippen LogP contribution in [0.25, 0.3) is 0 Å². The second kappa shape index (κ2) is 61.6. The van der Waals surface area contributed by atoms with Gasteiger partial charge in [-0.15, -0.1) is 0 Å². The highest BCUT2D eigenvalue weighted by molar-refractivity contribution is 7.47. The van der Waals surface area contributed by atoms with Gasteiger partial charge in [-0.05, 0) is 31.6 Å². The second-order valence-electron chi connectivity index (χ2n) is 25.0. The van der Waals surface area contributed by atoms with E-state index in [1.807, 2.05) is 0 Å². The monoisotopic (exact) mass is 1280 g/mol. The van der Waals surface area contributed by atoms with Gasteiger partial charge in [-0.3, -0.25) is 37.3 Å². The Kier molecular flexibility index (Phi) is 60.2. The summed E-state index contributed by atoms with van der Waals surface area (Å²) in [6, 6.07) is 0. The lowest BCUT2D eigenvalue weighted by Gasteiger charge is -2.21. The molecule has 0 spiro atoms. The number of carbonyl (C=O) groups is 4. The van der Waals surface area contributed by atoms with E-state index in [0.29, 0.717) is 31.6 Å². The molecule has 17 nitrogen and oxygen atoms in total. The number of rotatable bonds is 68. The maximum absolute atomic E-state index is 13.0. The van der Waals surface area contributed by atoms with Gasteiger partial charge in [-0.2, -0.15) is 0 Å². The third kappa shape index (κ3) is 62.6. The largest absolute Gasteiger partial charge is 0.472 e. The Bertz CT molecular complexity index is 1690. The van der Waals surface area contributed by atoms with Gasteiger partial charge in [0.15, 0.2) is 12.2 Å². The molecular weight excluding hydrogens is 1150 g/mol. The second-order valence-corrected chi connectivity index (χ2v) is 27.9. The smallest absolute Gasteiger partial charge is 0.462 e. The van der Waals surface area contributed by atoms with Crippen molar-refractivity contribution in [1.82, 2.24) is 0 Å². The minimum absolute atomic E-state index is 0.106. The molecule has 2 unspecified atom stereocenters. The molecule has 3 N–H and O–H groups in total. The van der Waals surface area contributed by atoms with Gasteiger partial charge in [0.25, 0.3) is 0 Å². The van der Waals surface area contributed by atoms with Crippen LogP contribution in [0.15, 0.2) is 0 Å². The highest BCUT2D eigenvalue weighted by Gasteiger charge is 2.30. The molecule has 0 aliphatic carbocycles. The molecule has 516 valence electrons. The molecule has 0 aromatic rings. The Labute approximate surface area is 530 Å². The quantitative estimate of drug-likeness (QED) is 0.0222. The van der Waals surface area contributed by atoms with Crippen molar-refractivity contribution in [2.75, 3.05) is 39.6 Å². The van der Waals surface area contributed by atoms with Gasteiger partial charge in [0.05, 0.1) is 26.4 Å². The summed E-state index contributed by atoms with van der Waals surface area (Å²) in [7, 11) is -9.89. The van der Waals surface area contributed by atoms with Crippen molar-refractivity contribution < 1.29 is 80.2 Å². The van der Waals surface area contributed by atoms with Crippen LogP contribution in [-0.2, 0) is 65.4 Å². The lowest BCUT2D eigenvalue weighted by molar-refractivity contribution is -0.161. The summed E-state index contributed by atoms with van der Waals surface area (Å²) in [5, 5.41) is 10.6. The SMILES string of the molecule is CCCCCCCCCCCCCCCCC(=O)O[C@H](COC(=O)CCCCCCCCCCCCCC)COP(=O)(O)OC[C@@H](O)COP(=O)(O)OC[C@@H](COC(=O)CCCCCCCCCC(C)C)OC(=O)CCCCCCCCCCCCC. The van der Waals surface area contributed by atoms with E-state index in [-0.39, 0.29) is 25.7 Å².